The van der Waals surface area contributed by atoms with Gasteiger partial charge < -0.3 is 8.85 Å². The van der Waals surface area contributed by atoms with Gasteiger partial charge in [0.25, 0.3) is 0 Å². The Morgan fingerprint density at radius 1 is 0.784 bits per heavy atom. The normalized spacial score (nSPS) is 41.3. The predicted molar refractivity (Wildman–Crippen MR) is 161 cm³/mol. The second-order valence-electron chi connectivity index (χ2n) is 16.9. The van der Waals surface area contributed by atoms with E-state index in [4.69, 9.17) is 8.85 Å². The van der Waals surface area contributed by atoms with E-state index in [1.165, 1.54) is 24.8 Å². The first-order valence-electron chi connectivity index (χ1n) is 15.2. The molecule has 0 spiro atoms. The zero-order valence-electron chi connectivity index (χ0n) is 26.3. The Morgan fingerprint density at radius 3 is 1.86 bits per heavy atom. The van der Waals surface area contributed by atoms with Crippen LogP contribution in [0.15, 0.2) is 12.2 Å². The van der Waals surface area contributed by atoms with Gasteiger partial charge in [-0.2, -0.15) is 0 Å². The lowest BCUT2D eigenvalue weighted by atomic mass is 9.44. The fourth-order valence-corrected chi connectivity index (χ4v) is 10.9. The number of carbonyl (C=O) groups excluding carboxylic acids is 1. The summed E-state index contributed by atoms with van der Waals surface area (Å²) in [5.41, 5.74) is 1.82. The van der Waals surface area contributed by atoms with E-state index < -0.39 is 16.6 Å². The predicted octanol–water partition coefficient (Wildman–Crippen LogP) is 9.16. The van der Waals surface area contributed by atoms with Crippen molar-refractivity contribution < 1.29 is 13.6 Å². The summed E-state index contributed by atoms with van der Waals surface area (Å²) in [6, 6.07) is 0. The van der Waals surface area contributed by atoms with E-state index in [1.807, 2.05) is 0 Å². The number of Topliss-reactive ketones (excluding diaryl/α,β-unsaturated/α-hetero) is 1. The third-order valence-electron chi connectivity index (χ3n) is 12.9. The highest BCUT2D eigenvalue weighted by Gasteiger charge is 2.66. The number of hydrogen-bond donors (Lipinski definition) is 0. The Labute approximate surface area is 231 Å². The van der Waals surface area contributed by atoms with Gasteiger partial charge >= 0.3 is 0 Å². The van der Waals surface area contributed by atoms with Gasteiger partial charge in [-0.05, 0) is 103 Å². The summed E-state index contributed by atoms with van der Waals surface area (Å²) in [4.78, 5) is 13.1. The van der Waals surface area contributed by atoms with Gasteiger partial charge in [-0.1, -0.05) is 67.5 Å². The van der Waals surface area contributed by atoms with Crippen molar-refractivity contribution in [1.82, 2.24) is 0 Å². The van der Waals surface area contributed by atoms with Crippen LogP contribution in [-0.4, -0.2) is 34.6 Å². The molecular formula is C32H58O3Si2. The van der Waals surface area contributed by atoms with Crippen molar-refractivity contribution in [2.24, 2.45) is 34.5 Å². The molecule has 0 aromatic heterocycles. The molecule has 0 aromatic carbocycles. The minimum Gasteiger partial charge on any atom is -0.411 e. The van der Waals surface area contributed by atoms with E-state index in [1.54, 1.807) is 0 Å². The molecule has 0 heterocycles. The molecule has 4 saturated carbocycles. The van der Waals surface area contributed by atoms with Gasteiger partial charge in [-0.25, -0.2) is 0 Å². The van der Waals surface area contributed by atoms with Crippen molar-refractivity contribution in [3.63, 3.8) is 0 Å². The smallest absolute Gasteiger partial charge is 0.192 e. The lowest BCUT2D eigenvalue weighted by Gasteiger charge is -2.65. The lowest BCUT2D eigenvalue weighted by Crippen LogP contribution is -2.68. The van der Waals surface area contributed by atoms with Crippen LogP contribution >= 0.6 is 0 Å². The summed E-state index contributed by atoms with van der Waals surface area (Å²) in [7, 11) is -4.19. The topological polar surface area (TPSA) is 35.5 Å². The first-order chi connectivity index (χ1) is 16.7. The summed E-state index contributed by atoms with van der Waals surface area (Å²) < 4.78 is 15.1. The van der Waals surface area contributed by atoms with Gasteiger partial charge in [0.05, 0.1) is 12.2 Å². The molecule has 0 aliphatic heterocycles. The summed E-state index contributed by atoms with van der Waals surface area (Å²) in [5.74, 6) is 2.38. The third-order valence-corrected chi connectivity index (χ3v) is 21.9. The average molecular weight is 547 g/mol. The second kappa shape index (κ2) is 9.14. The molecule has 37 heavy (non-hydrogen) atoms. The maximum atomic E-state index is 13.1. The van der Waals surface area contributed by atoms with Crippen molar-refractivity contribution in [3.05, 3.63) is 12.2 Å². The van der Waals surface area contributed by atoms with E-state index in [2.05, 4.69) is 88.2 Å². The molecular weight excluding hydrogens is 489 g/mol. The average Bonchev–Trinajstić information content (AvgIpc) is 3.04. The first kappa shape index (κ1) is 29.7. The van der Waals surface area contributed by atoms with Crippen molar-refractivity contribution in [3.8, 4) is 0 Å². The van der Waals surface area contributed by atoms with Gasteiger partial charge in [0.1, 0.15) is 5.78 Å². The fraction of sp³-hybridized carbons (Fsp3) is 0.906. The highest BCUT2D eigenvalue weighted by Crippen LogP contribution is 2.68. The van der Waals surface area contributed by atoms with Crippen LogP contribution in [0.4, 0.5) is 0 Å². The number of fused-ring (bicyclic) bond motifs is 5. The number of allylic oxidation sites excluding steroid dienone is 1. The molecule has 3 nitrogen and oxygen atoms in total. The molecule has 212 valence electrons. The van der Waals surface area contributed by atoms with E-state index in [9.17, 15) is 4.79 Å². The molecule has 0 radical (unpaired) electrons. The summed E-state index contributed by atoms with van der Waals surface area (Å²) >= 11 is 0. The molecule has 8 atom stereocenters. The molecule has 4 aliphatic carbocycles. The van der Waals surface area contributed by atoms with Gasteiger partial charge in [-0.15, -0.1) is 0 Å². The van der Waals surface area contributed by atoms with Crippen molar-refractivity contribution in [2.75, 3.05) is 0 Å². The monoisotopic (exact) mass is 546 g/mol. The van der Waals surface area contributed by atoms with Gasteiger partial charge in [0.2, 0.25) is 0 Å². The van der Waals surface area contributed by atoms with E-state index in [0.29, 0.717) is 30.0 Å². The van der Waals surface area contributed by atoms with E-state index >= 15 is 0 Å². The van der Waals surface area contributed by atoms with E-state index in [0.717, 1.165) is 19.3 Å². The lowest BCUT2D eigenvalue weighted by molar-refractivity contribution is -0.200. The van der Waals surface area contributed by atoms with Gasteiger partial charge in [0.15, 0.2) is 16.6 Å². The Bertz CT molecular complexity index is 925. The number of carbonyl (C=O) groups is 1. The van der Waals surface area contributed by atoms with E-state index in [-0.39, 0.29) is 39.0 Å². The van der Waals surface area contributed by atoms with Crippen molar-refractivity contribution in [1.29, 1.82) is 0 Å². The number of rotatable bonds is 4. The summed E-state index contributed by atoms with van der Waals surface area (Å²) in [6.07, 6.45) is 7.38. The number of ketones is 1. The molecule has 4 rings (SSSR count). The maximum absolute atomic E-state index is 13.1. The Balaban J connectivity index is 1.89. The fourth-order valence-electron chi connectivity index (χ4n) is 8.23. The summed E-state index contributed by atoms with van der Waals surface area (Å²) in [5, 5.41) is 0.244. The molecule has 5 heteroatoms. The highest BCUT2D eigenvalue weighted by atomic mass is 28.4. The van der Waals surface area contributed by atoms with Crippen LogP contribution in [-0.2, 0) is 13.6 Å². The SMILES string of the molecule is C=C1CCC2C3C(O[Si](C)(C)C(C)(C)C)[C@H](O[Si](C)(C)C(C)(C)C)C4CC(=O)CC[C@]4(C)C3CC[C@]12C. The minimum absolute atomic E-state index is 0.00160. The maximum Gasteiger partial charge on any atom is 0.192 e. The Kier molecular flexibility index (Phi) is 7.35. The van der Waals surface area contributed by atoms with Crippen LogP contribution < -0.4 is 0 Å². The van der Waals surface area contributed by atoms with Crippen LogP contribution in [0.2, 0.25) is 36.3 Å². The van der Waals surface area contributed by atoms with Gasteiger partial charge in [-0.3, -0.25) is 4.79 Å². The van der Waals surface area contributed by atoms with Crippen LogP contribution in [0.25, 0.3) is 0 Å². The molecule has 0 N–H and O–H groups in total. The van der Waals surface area contributed by atoms with Crippen molar-refractivity contribution in [2.45, 2.75) is 149 Å². The van der Waals surface area contributed by atoms with Crippen LogP contribution in [0.1, 0.15) is 100 Å². The molecule has 0 amide bonds. The third kappa shape index (κ3) is 4.74. The van der Waals surface area contributed by atoms with Gasteiger partial charge in [0, 0.05) is 12.8 Å². The first-order valence-corrected chi connectivity index (χ1v) is 21.0. The number of hydrogen-bond acceptors (Lipinski definition) is 3. The Hall–Kier alpha value is -0.236. The molecule has 0 saturated heterocycles. The second-order valence-corrected chi connectivity index (χ2v) is 26.4. The largest absolute Gasteiger partial charge is 0.411 e. The molecule has 0 aromatic rings. The molecule has 5 unspecified atom stereocenters. The van der Waals surface area contributed by atoms with Crippen LogP contribution in [0, 0.1) is 34.5 Å². The Morgan fingerprint density at radius 2 is 1.32 bits per heavy atom. The summed E-state index contributed by atoms with van der Waals surface area (Å²) in [6.45, 7) is 33.4. The van der Waals surface area contributed by atoms with Crippen molar-refractivity contribution >= 4 is 22.4 Å². The zero-order valence-corrected chi connectivity index (χ0v) is 28.3. The molecule has 0 bridgehead atoms. The minimum atomic E-state index is -2.10. The molecule has 4 fully saturated rings. The molecule has 4 aliphatic rings. The highest BCUT2D eigenvalue weighted by molar-refractivity contribution is 6.74. The zero-order chi connectivity index (χ0) is 28.0. The van der Waals surface area contributed by atoms with Crippen LogP contribution in [0.3, 0.4) is 0 Å². The quantitative estimate of drug-likeness (QED) is 0.260. The standard InChI is InChI=1S/C32H58O3Si2/c1-21-14-15-23-26-24(17-19-31(21,23)8)32(9)18-16-22(33)20-25(32)27(34-36(10,11)29(2,3)4)28(26)35-37(12,13)30(5,6)7/h23-28H,1,14-20H2,2-13H3/t23?,24?,25?,26?,27-,28?,31-,32-/m1/s1. The van der Waals surface area contributed by atoms with Crippen LogP contribution in [0.5, 0.6) is 0 Å².